The first-order chi connectivity index (χ1) is 10.9. The second-order valence-corrected chi connectivity index (χ2v) is 7.79. The number of ether oxygens (including phenoxy) is 1. The van der Waals surface area contributed by atoms with Crippen molar-refractivity contribution in [2.45, 2.75) is 58.1 Å². The van der Waals surface area contributed by atoms with E-state index in [4.69, 9.17) is 27.9 Å². The third kappa shape index (κ3) is 4.81. The zero-order chi connectivity index (χ0) is 17.0. The van der Waals surface area contributed by atoms with Gasteiger partial charge in [0.25, 0.3) is 5.91 Å². The van der Waals surface area contributed by atoms with E-state index in [0.717, 1.165) is 37.2 Å². The monoisotopic (exact) mass is 378 g/mol. The van der Waals surface area contributed by atoms with Crippen LogP contribution in [0.15, 0.2) is 0 Å². The number of aromatic nitrogens is 1. The Morgan fingerprint density at radius 2 is 1.91 bits per heavy atom. The summed E-state index contributed by atoms with van der Waals surface area (Å²) in [5.41, 5.74) is -0.0437. The molecule has 1 aliphatic rings. The maximum absolute atomic E-state index is 12.4. The van der Waals surface area contributed by atoms with Crippen LogP contribution in [0.2, 0.25) is 9.36 Å². The van der Waals surface area contributed by atoms with Crippen LogP contribution in [0.3, 0.4) is 0 Å². The number of amides is 1. The molecule has 1 aliphatic carbocycles. The maximum atomic E-state index is 12.4. The van der Waals surface area contributed by atoms with E-state index in [-0.39, 0.29) is 32.9 Å². The molecule has 0 bridgehead atoms. The van der Waals surface area contributed by atoms with Crippen molar-refractivity contribution in [1.82, 2.24) is 9.69 Å². The van der Waals surface area contributed by atoms with Gasteiger partial charge in [0.1, 0.15) is 9.36 Å². The summed E-state index contributed by atoms with van der Waals surface area (Å²) in [6.07, 6.45) is 4.50. The first kappa shape index (κ1) is 18.5. The number of nitrogens with one attached hydrogen (secondary N) is 1. The van der Waals surface area contributed by atoms with Gasteiger partial charge in [-0.3, -0.25) is 4.79 Å². The Hall–Kier alpha value is -0.850. The first-order valence-corrected chi connectivity index (χ1v) is 9.25. The zero-order valence-electron chi connectivity index (χ0n) is 13.1. The Bertz CT molecular complexity index is 571. The van der Waals surface area contributed by atoms with Crippen LogP contribution in [-0.2, 0) is 9.53 Å². The van der Waals surface area contributed by atoms with Crippen LogP contribution < -0.4 is 5.32 Å². The van der Waals surface area contributed by atoms with Gasteiger partial charge in [-0.2, -0.15) is 4.37 Å². The number of halogens is 2. The third-order valence-electron chi connectivity index (χ3n) is 3.84. The van der Waals surface area contributed by atoms with Gasteiger partial charge in [0.2, 0.25) is 0 Å². The number of rotatable bonds is 5. The molecule has 0 radical (unpaired) electrons. The predicted molar refractivity (Wildman–Crippen MR) is 91.2 cm³/mol. The molecule has 1 atom stereocenters. The highest BCUT2D eigenvalue weighted by Gasteiger charge is 2.31. The molecule has 2 rings (SSSR count). The lowest BCUT2D eigenvalue weighted by Crippen LogP contribution is -2.46. The number of carbonyl (C=O) groups excluding carboxylic acids is 2. The first-order valence-electron chi connectivity index (χ1n) is 7.72. The van der Waals surface area contributed by atoms with Crippen molar-refractivity contribution in [2.24, 2.45) is 5.92 Å². The topological polar surface area (TPSA) is 68.3 Å². The van der Waals surface area contributed by atoms with Crippen LogP contribution in [-0.4, -0.2) is 28.4 Å². The van der Waals surface area contributed by atoms with Gasteiger partial charge in [-0.15, -0.1) is 0 Å². The Balaban J connectivity index is 2.01. The molecule has 0 unspecified atom stereocenters. The van der Waals surface area contributed by atoms with E-state index in [0.29, 0.717) is 0 Å². The minimum atomic E-state index is -0.874. The molecular formula is C15H20Cl2N2O3S. The summed E-state index contributed by atoms with van der Waals surface area (Å²) >= 11 is 12.6. The standard InChI is InChI=1S/C15H20Cl2N2O3S/c1-8(2)12(14(20)18-9-6-4-3-5-7-9)22-15(21)11-10(16)13(17)23-19-11/h8-9,12H,3-7H2,1-2H3,(H,18,20)/t12-/m1/s1. The van der Waals surface area contributed by atoms with Gasteiger partial charge in [-0.1, -0.05) is 56.3 Å². The van der Waals surface area contributed by atoms with Gasteiger partial charge in [-0.25, -0.2) is 4.79 Å². The molecule has 23 heavy (non-hydrogen) atoms. The van der Waals surface area contributed by atoms with E-state index in [1.807, 2.05) is 13.8 Å². The minimum absolute atomic E-state index is 0.0437. The largest absolute Gasteiger partial charge is 0.447 e. The normalized spacial score (nSPS) is 17.1. The summed E-state index contributed by atoms with van der Waals surface area (Å²) in [6, 6.07) is 0.161. The van der Waals surface area contributed by atoms with Gasteiger partial charge in [0.15, 0.2) is 11.8 Å². The van der Waals surface area contributed by atoms with E-state index in [1.165, 1.54) is 6.42 Å². The highest BCUT2D eigenvalue weighted by atomic mass is 35.5. The smallest absolute Gasteiger partial charge is 0.360 e. The Morgan fingerprint density at radius 3 is 2.43 bits per heavy atom. The molecule has 1 N–H and O–H groups in total. The molecule has 1 saturated carbocycles. The van der Waals surface area contributed by atoms with Crippen molar-refractivity contribution in [3.8, 4) is 0 Å². The Morgan fingerprint density at radius 1 is 1.26 bits per heavy atom. The number of hydrogen-bond donors (Lipinski definition) is 1. The quantitative estimate of drug-likeness (QED) is 0.783. The van der Waals surface area contributed by atoms with E-state index in [2.05, 4.69) is 9.69 Å². The molecule has 0 aliphatic heterocycles. The second-order valence-electron chi connectivity index (χ2n) is 6.03. The number of carbonyl (C=O) groups is 2. The van der Waals surface area contributed by atoms with Crippen molar-refractivity contribution in [2.75, 3.05) is 0 Å². The molecular weight excluding hydrogens is 359 g/mol. The average molecular weight is 379 g/mol. The molecule has 1 heterocycles. The van der Waals surface area contributed by atoms with E-state index < -0.39 is 12.1 Å². The molecule has 1 aromatic rings. The van der Waals surface area contributed by atoms with Gasteiger partial charge >= 0.3 is 5.97 Å². The van der Waals surface area contributed by atoms with Crippen molar-refractivity contribution < 1.29 is 14.3 Å². The molecule has 1 fully saturated rings. The number of esters is 1. The molecule has 8 heteroatoms. The van der Waals surface area contributed by atoms with Gasteiger partial charge in [-0.05, 0) is 30.3 Å². The summed E-state index contributed by atoms with van der Waals surface area (Å²) in [7, 11) is 0. The lowest BCUT2D eigenvalue weighted by atomic mass is 9.95. The second kappa shape index (κ2) is 8.31. The molecule has 0 saturated heterocycles. The van der Waals surface area contributed by atoms with Crippen molar-refractivity contribution in [3.05, 3.63) is 15.1 Å². The summed E-state index contributed by atoms with van der Waals surface area (Å²) in [4.78, 5) is 24.6. The summed E-state index contributed by atoms with van der Waals surface area (Å²) in [5.74, 6) is -1.15. The summed E-state index contributed by atoms with van der Waals surface area (Å²) < 4.78 is 9.45. The fourth-order valence-corrected chi connectivity index (χ4v) is 3.56. The highest BCUT2D eigenvalue weighted by Crippen LogP contribution is 2.30. The van der Waals surface area contributed by atoms with Crippen LogP contribution in [0, 0.1) is 5.92 Å². The highest BCUT2D eigenvalue weighted by molar-refractivity contribution is 7.11. The molecule has 0 spiro atoms. The number of hydrogen-bond acceptors (Lipinski definition) is 5. The van der Waals surface area contributed by atoms with Crippen molar-refractivity contribution in [3.63, 3.8) is 0 Å². The SMILES string of the molecule is CC(C)[C@@H](OC(=O)c1nsc(Cl)c1Cl)C(=O)NC1CCCCC1. The van der Waals surface area contributed by atoms with Crippen molar-refractivity contribution in [1.29, 1.82) is 0 Å². The number of nitrogens with zero attached hydrogens (tertiary/aromatic N) is 1. The average Bonchev–Trinajstić information content (AvgIpc) is 2.85. The lowest BCUT2D eigenvalue weighted by Gasteiger charge is -2.26. The van der Waals surface area contributed by atoms with E-state index in [1.54, 1.807) is 0 Å². The molecule has 1 aromatic heterocycles. The minimum Gasteiger partial charge on any atom is -0.447 e. The van der Waals surface area contributed by atoms with Gasteiger partial charge in [0.05, 0.1) is 0 Å². The van der Waals surface area contributed by atoms with E-state index >= 15 is 0 Å². The molecule has 128 valence electrons. The van der Waals surface area contributed by atoms with Crippen molar-refractivity contribution >= 4 is 46.6 Å². The van der Waals surface area contributed by atoms with E-state index in [9.17, 15) is 9.59 Å². The van der Waals surface area contributed by atoms with Crippen LogP contribution in [0.1, 0.15) is 56.4 Å². The lowest BCUT2D eigenvalue weighted by molar-refractivity contribution is -0.133. The Labute approximate surface area is 149 Å². The van der Waals surface area contributed by atoms with Crippen LogP contribution in [0.4, 0.5) is 0 Å². The Kier molecular flexibility index (Phi) is 6.68. The fraction of sp³-hybridized carbons (Fsp3) is 0.667. The molecule has 5 nitrogen and oxygen atoms in total. The van der Waals surface area contributed by atoms with Crippen LogP contribution >= 0.6 is 34.7 Å². The zero-order valence-corrected chi connectivity index (χ0v) is 15.4. The summed E-state index contributed by atoms with van der Waals surface area (Å²) in [5, 5.41) is 3.05. The molecule has 0 aromatic carbocycles. The van der Waals surface area contributed by atoms with Crippen LogP contribution in [0.25, 0.3) is 0 Å². The summed E-state index contributed by atoms with van der Waals surface area (Å²) in [6.45, 7) is 3.65. The van der Waals surface area contributed by atoms with Gasteiger partial charge < -0.3 is 10.1 Å². The predicted octanol–water partition coefficient (Wildman–Crippen LogP) is 4.08. The fourth-order valence-electron chi connectivity index (χ4n) is 2.58. The molecule has 1 amide bonds. The van der Waals surface area contributed by atoms with Crippen LogP contribution in [0.5, 0.6) is 0 Å². The third-order valence-corrected chi connectivity index (χ3v) is 5.45. The maximum Gasteiger partial charge on any atom is 0.360 e. The van der Waals surface area contributed by atoms with Gasteiger partial charge in [0, 0.05) is 6.04 Å².